The van der Waals surface area contributed by atoms with Crippen LogP contribution in [0, 0.1) is 0 Å². The van der Waals surface area contributed by atoms with Crippen molar-refractivity contribution in [3.05, 3.63) is 60.7 Å². The van der Waals surface area contributed by atoms with E-state index in [1.54, 1.807) is 0 Å². The fourth-order valence-corrected chi connectivity index (χ4v) is 7.77. The van der Waals surface area contributed by atoms with Gasteiger partial charge in [-0.15, -0.1) is 0 Å². The normalized spacial score (nSPS) is 40.1. The first-order chi connectivity index (χ1) is 9.77. The zero-order valence-electron chi connectivity index (χ0n) is 11.4. The van der Waals surface area contributed by atoms with Crippen LogP contribution < -0.4 is 10.2 Å². The summed E-state index contributed by atoms with van der Waals surface area (Å²) in [4.78, 5) is 2.53. The molecule has 4 heterocycles. The Morgan fingerprint density at radius 3 is 2.35 bits per heavy atom. The first-order valence-electron chi connectivity index (χ1n) is 7.15. The molecule has 4 unspecified atom stereocenters. The monoisotopic (exact) mass is 281 g/mol. The maximum absolute atomic E-state index is 6.29. The minimum absolute atomic E-state index is 0.0181. The van der Waals surface area contributed by atoms with Gasteiger partial charge in [-0.1, -0.05) is 48.5 Å². The van der Waals surface area contributed by atoms with Gasteiger partial charge in [0.05, 0.1) is 6.04 Å². The molecule has 4 aliphatic heterocycles. The Morgan fingerprint density at radius 2 is 1.70 bits per heavy atom. The van der Waals surface area contributed by atoms with Crippen molar-refractivity contribution in [2.24, 2.45) is 0 Å². The predicted octanol–water partition coefficient (Wildman–Crippen LogP) is 3.14. The highest BCUT2D eigenvalue weighted by Gasteiger charge is 2.92. The first kappa shape index (κ1) is 11.3. The van der Waals surface area contributed by atoms with Gasteiger partial charge in [0.25, 0.3) is 0 Å². The van der Waals surface area contributed by atoms with Gasteiger partial charge in [-0.05, 0) is 38.4 Å². The number of hydrogen-bond donors (Lipinski definition) is 0. The van der Waals surface area contributed by atoms with Crippen molar-refractivity contribution in [3.8, 4) is 0 Å². The Bertz CT molecular complexity index is 632. The smallest absolute Gasteiger partial charge is 0.196 e. The third-order valence-corrected chi connectivity index (χ3v) is 8.17. The Labute approximate surface area is 120 Å². The highest BCUT2D eigenvalue weighted by molar-refractivity contribution is 7.68. The topological polar surface area (TPSA) is 15.8 Å². The molecule has 3 heteroatoms. The molecule has 4 aliphatic rings. The molecule has 4 saturated heterocycles. The molecular formula is C17H16NOP. The highest BCUT2D eigenvalue weighted by Crippen LogP contribution is 2.84. The van der Waals surface area contributed by atoms with Gasteiger partial charge in [0.1, 0.15) is 5.60 Å². The maximum atomic E-state index is 6.29. The summed E-state index contributed by atoms with van der Waals surface area (Å²) in [6, 6.07) is 22.2. The molecule has 0 aromatic heterocycles. The van der Waals surface area contributed by atoms with Crippen LogP contribution >= 0.6 is 7.92 Å². The van der Waals surface area contributed by atoms with Crippen molar-refractivity contribution >= 4 is 18.9 Å². The van der Waals surface area contributed by atoms with Gasteiger partial charge in [0.2, 0.25) is 0 Å². The van der Waals surface area contributed by atoms with Crippen molar-refractivity contribution < 1.29 is 4.74 Å². The molecule has 4 fully saturated rings. The molecule has 6 rings (SSSR count). The number of nitrogens with zero attached hydrogens (tertiary/aromatic N) is 1. The fourth-order valence-electron chi connectivity index (χ4n) is 4.07. The van der Waals surface area contributed by atoms with Crippen molar-refractivity contribution in [2.75, 3.05) is 11.1 Å². The van der Waals surface area contributed by atoms with Crippen molar-refractivity contribution in [1.82, 2.24) is 0 Å². The molecule has 0 saturated carbocycles. The first-order valence-corrected chi connectivity index (χ1v) is 8.67. The van der Waals surface area contributed by atoms with E-state index in [4.69, 9.17) is 4.74 Å². The lowest BCUT2D eigenvalue weighted by atomic mass is 9.91. The van der Waals surface area contributed by atoms with E-state index in [0.29, 0.717) is 6.04 Å². The summed E-state index contributed by atoms with van der Waals surface area (Å²) in [6.07, 6.45) is 1.27. The van der Waals surface area contributed by atoms with Gasteiger partial charge in [0.15, 0.2) is 5.47 Å². The highest BCUT2D eigenvalue weighted by atomic mass is 31.1. The number of fused-ring (bicyclic) bond motifs is 1. The van der Waals surface area contributed by atoms with Crippen LogP contribution in [0.3, 0.4) is 0 Å². The Hall–Kier alpha value is -1.37. The van der Waals surface area contributed by atoms with E-state index in [0.717, 1.165) is 0 Å². The van der Waals surface area contributed by atoms with Gasteiger partial charge in [0, 0.05) is 5.69 Å². The fraction of sp³-hybridized carbons (Fsp3) is 0.294. The molecule has 0 N–H and O–H groups in total. The van der Waals surface area contributed by atoms with E-state index in [2.05, 4.69) is 72.5 Å². The number of rotatable bonds is 2. The molecule has 100 valence electrons. The van der Waals surface area contributed by atoms with Crippen LogP contribution in [-0.4, -0.2) is 23.3 Å². The van der Waals surface area contributed by atoms with Gasteiger partial charge < -0.3 is 9.64 Å². The lowest BCUT2D eigenvalue weighted by Gasteiger charge is -2.42. The van der Waals surface area contributed by atoms with Crippen LogP contribution in [0.5, 0.6) is 0 Å². The van der Waals surface area contributed by atoms with Crippen LogP contribution in [0.2, 0.25) is 0 Å². The summed E-state index contributed by atoms with van der Waals surface area (Å²) in [6.45, 7) is 2.29. The minimum atomic E-state index is -0.243. The number of benzene rings is 2. The number of anilines is 1. The minimum Gasteiger partial charge on any atom is -0.335 e. The average Bonchev–Trinajstić information content (AvgIpc) is 2.80. The molecule has 0 aliphatic carbocycles. The third-order valence-electron chi connectivity index (χ3n) is 5.06. The number of ether oxygens (including phenoxy) is 1. The molecule has 2 aromatic carbocycles. The second-order valence-electron chi connectivity index (χ2n) is 5.98. The summed E-state index contributed by atoms with van der Waals surface area (Å²) >= 11 is 0. The van der Waals surface area contributed by atoms with Gasteiger partial charge in [-0.2, -0.15) is 0 Å². The van der Waals surface area contributed by atoms with Crippen LogP contribution in [0.15, 0.2) is 60.7 Å². The van der Waals surface area contributed by atoms with Crippen LogP contribution in [0.1, 0.15) is 6.92 Å². The summed E-state index contributed by atoms with van der Waals surface area (Å²) in [5, 5.41) is 1.48. The quantitative estimate of drug-likeness (QED) is 0.621. The molecule has 2 nitrogen and oxygen atoms in total. The molecule has 2 bridgehead atoms. The van der Waals surface area contributed by atoms with Crippen LogP contribution in [-0.2, 0) is 4.74 Å². The number of para-hydroxylation sites is 1. The zero-order valence-corrected chi connectivity index (χ0v) is 12.3. The molecule has 2 aromatic rings. The second-order valence-corrected chi connectivity index (χ2v) is 8.33. The Balaban J connectivity index is 1.59. The van der Waals surface area contributed by atoms with Crippen LogP contribution in [0.25, 0.3) is 0 Å². The molecule has 4 atom stereocenters. The number of epoxide rings is 1. The Kier molecular flexibility index (Phi) is 1.95. The second kappa shape index (κ2) is 3.44. The van der Waals surface area contributed by atoms with E-state index in [-0.39, 0.29) is 19.0 Å². The molecule has 0 radical (unpaired) electrons. The molecule has 0 amide bonds. The summed E-state index contributed by atoms with van der Waals surface area (Å²) in [7, 11) is -0.243. The largest absolute Gasteiger partial charge is 0.335 e. The van der Waals surface area contributed by atoms with E-state index < -0.39 is 0 Å². The van der Waals surface area contributed by atoms with Crippen molar-refractivity contribution in [3.63, 3.8) is 0 Å². The van der Waals surface area contributed by atoms with Gasteiger partial charge in [-0.3, -0.25) is 0 Å². The lowest BCUT2D eigenvalue weighted by molar-refractivity contribution is 0.315. The Morgan fingerprint density at radius 1 is 1.05 bits per heavy atom. The maximum Gasteiger partial charge on any atom is 0.196 e. The molecule has 1 spiro atoms. The zero-order chi connectivity index (χ0) is 13.4. The van der Waals surface area contributed by atoms with E-state index in [1.165, 1.54) is 17.2 Å². The average molecular weight is 281 g/mol. The molecular weight excluding hydrogens is 265 g/mol. The van der Waals surface area contributed by atoms with Crippen molar-refractivity contribution in [1.29, 1.82) is 0 Å². The van der Waals surface area contributed by atoms with E-state index in [1.807, 2.05) is 0 Å². The summed E-state index contributed by atoms with van der Waals surface area (Å²) in [5.41, 5.74) is 1.40. The van der Waals surface area contributed by atoms with Crippen molar-refractivity contribution in [2.45, 2.75) is 24.0 Å². The lowest BCUT2D eigenvalue weighted by Crippen LogP contribution is -2.60. The standard InChI is InChI=1S/C17H16NOP/c1-16-15-12-20(14-10-6-3-7-11-14)17(16,19-16)18(15)13-8-4-2-5-9-13/h2-11,15H,12H2,1H3. The SMILES string of the molecule is CC12OC13N(c1ccccc1)C2CP3c1ccccc1. The predicted molar refractivity (Wildman–Crippen MR) is 82.8 cm³/mol. The van der Waals surface area contributed by atoms with E-state index in [9.17, 15) is 0 Å². The molecule has 20 heavy (non-hydrogen) atoms. The third kappa shape index (κ3) is 1.07. The van der Waals surface area contributed by atoms with Crippen LogP contribution in [0.4, 0.5) is 5.69 Å². The van der Waals surface area contributed by atoms with Gasteiger partial charge in [-0.25, -0.2) is 0 Å². The van der Waals surface area contributed by atoms with Gasteiger partial charge >= 0.3 is 0 Å². The number of hydrogen-bond acceptors (Lipinski definition) is 2. The van der Waals surface area contributed by atoms with E-state index >= 15 is 0 Å². The summed E-state index contributed by atoms with van der Waals surface area (Å²) in [5.74, 6) is 0. The summed E-state index contributed by atoms with van der Waals surface area (Å²) < 4.78 is 6.29.